The van der Waals surface area contributed by atoms with Gasteiger partial charge in [0.2, 0.25) is 20.0 Å². The van der Waals surface area contributed by atoms with Gasteiger partial charge in [-0.3, -0.25) is 4.72 Å². The van der Waals surface area contributed by atoms with Gasteiger partial charge in [0.15, 0.2) is 0 Å². The van der Waals surface area contributed by atoms with E-state index < -0.39 is 20.0 Å². The first-order valence-corrected chi connectivity index (χ1v) is 9.46. The molecular formula is C12H20N2O5S2. The molecule has 21 heavy (non-hydrogen) atoms. The molecule has 0 aliphatic rings. The van der Waals surface area contributed by atoms with Crippen LogP contribution in [0.2, 0.25) is 0 Å². The second kappa shape index (κ2) is 6.73. The normalized spacial score (nSPS) is 12.6. The molecular weight excluding hydrogens is 316 g/mol. The van der Waals surface area contributed by atoms with Crippen molar-refractivity contribution in [2.75, 3.05) is 17.1 Å². The third-order valence-electron chi connectivity index (χ3n) is 2.61. The first-order chi connectivity index (χ1) is 9.51. The predicted octanol–water partition coefficient (Wildman–Crippen LogP) is 0.809. The molecule has 0 amide bonds. The van der Waals surface area contributed by atoms with Gasteiger partial charge in [-0.05, 0) is 38.5 Å². The van der Waals surface area contributed by atoms with Crippen LogP contribution < -0.4 is 9.86 Å². The van der Waals surface area contributed by atoms with Gasteiger partial charge < -0.3 is 4.74 Å². The van der Waals surface area contributed by atoms with Crippen molar-refractivity contribution in [2.45, 2.75) is 31.8 Å². The van der Waals surface area contributed by atoms with Crippen LogP contribution in [0.25, 0.3) is 0 Å². The van der Waals surface area contributed by atoms with Gasteiger partial charge in [0.1, 0.15) is 0 Å². The maximum atomic E-state index is 11.9. The molecule has 0 bridgehead atoms. The topological polar surface area (TPSA) is 116 Å². The summed E-state index contributed by atoms with van der Waals surface area (Å²) in [6.07, 6.45) is -0.0624. The minimum absolute atomic E-state index is 0.0565. The number of primary sulfonamides is 1. The maximum Gasteiger partial charge on any atom is 0.238 e. The Morgan fingerprint density at radius 2 is 1.86 bits per heavy atom. The second-order valence-electron chi connectivity index (χ2n) is 4.86. The summed E-state index contributed by atoms with van der Waals surface area (Å²) in [6.45, 7) is 5.33. The molecule has 0 radical (unpaired) electrons. The van der Waals surface area contributed by atoms with Crippen molar-refractivity contribution in [3.8, 4) is 0 Å². The van der Waals surface area contributed by atoms with Gasteiger partial charge in [0.25, 0.3) is 0 Å². The van der Waals surface area contributed by atoms with Gasteiger partial charge in [0.05, 0.1) is 29.0 Å². The number of anilines is 1. The molecule has 3 N–H and O–H groups in total. The molecule has 0 saturated heterocycles. The third-order valence-corrected chi connectivity index (χ3v) is 4.75. The van der Waals surface area contributed by atoms with Crippen LogP contribution in [0.5, 0.6) is 0 Å². The van der Waals surface area contributed by atoms with Gasteiger partial charge in [-0.1, -0.05) is 6.07 Å². The average Bonchev–Trinajstić information content (AvgIpc) is 2.29. The van der Waals surface area contributed by atoms with Crippen molar-refractivity contribution in [1.29, 1.82) is 0 Å². The van der Waals surface area contributed by atoms with Crippen molar-refractivity contribution in [1.82, 2.24) is 0 Å². The van der Waals surface area contributed by atoms with Crippen LogP contribution in [-0.4, -0.2) is 35.3 Å². The Hall–Kier alpha value is -1.16. The molecule has 0 saturated carbocycles. The number of ether oxygens (including phenoxy) is 1. The number of aryl methyl sites for hydroxylation is 1. The Labute approximate surface area is 125 Å². The van der Waals surface area contributed by atoms with Crippen molar-refractivity contribution in [3.05, 3.63) is 23.8 Å². The molecule has 0 atom stereocenters. The van der Waals surface area contributed by atoms with E-state index in [1.807, 2.05) is 0 Å². The highest BCUT2D eigenvalue weighted by Crippen LogP contribution is 2.20. The van der Waals surface area contributed by atoms with E-state index in [1.54, 1.807) is 20.8 Å². The Balaban J connectivity index is 2.91. The van der Waals surface area contributed by atoms with Crippen molar-refractivity contribution in [3.63, 3.8) is 0 Å². The number of rotatable bonds is 7. The summed E-state index contributed by atoms with van der Waals surface area (Å²) in [5.41, 5.74) is 0.779. The molecule has 0 unspecified atom stereocenters. The largest absolute Gasteiger partial charge is 0.378 e. The lowest BCUT2D eigenvalue weighted by atomic mass is 10.2. The molecule has 7 nitrogen and oxygen atoms in total. The van der Waals surface area contributed by atoms with E-state index >= 15 is 0 Å². The van der Waals surface area contributed by atoms with E-state index in [0.717, 1.165) is 0 Å². The molecule has 0 aliphatic heterocycles. The lowest BCUT2D eigenvalue weighted by Crippen LogP contribution is -2.22. The molecule has 0 fully saturated rings. The van der Waals surface area contributed by atoms with Gasteiger partial charge in [0, 0.05) is 0 Å². The summed E-state index contributed by atoms with van der Waals surface area (Å²) in [7, 11) is -7.51. The monoisotopic (exact) mass is 336 g/mol. The zero-order valence-electron chi connectivity index (χ0n) is 12.2. The average molecular weight is 336 g/mol. The van der Waals surface area contributed by atoms with Gasteiger partial charge in [-0.25, -0.2) is 22.0 Å². The molecule has 0 aliphatic carbocycles. The first-order valence-electron chi connectivity index (χ1n) is 6.27. The van der Waals surface area contributed by atoms with Gasteiger partial charge in [-0.15, -0.1) is 0 Å². The third kappa shape index (κ3) is 6.00. The van der Waals surface area contributed by atoms with Crippen LogP contribution in [0.1, 0.15) is 19.4 Å². The quantitative estimate of drug-likeness (QED) is 0.764. The molecule has 1 rings (SSSR count). The van der Waals surface area contributed by atoms with Crippen LogP contribution in [-0.2, 0) is 24.8 Å². The Morgan fingerprint density at radius 3 is 2.38 bits per heavy atom. The lowest BCUT2D eigenvalue weighted by Gasteiger charge is -2.12. The van der Waals surface area contributed by atoms with Gasteiger partial charge in [-0.2, -0.15) is 0 Å². The summed E-state index contributed by atoms with van der Waals surface area (Å²) < 4.78 is 54.0. The highest BCUT2D eigenvalue weighted by molar-refractivity contribution is 7.92. The molecule has 1 aromatic carbocycles. The zero-order valence-corrected chi connectivity index (χ0v) is 13.8. The van der Waals surface area contributed by atoms with E-state index in [-0.39, 0.29) is 29.0 Å². The summed E-state index contributed by atoms with van der Waals surface area (Å²) >= 11 is 0. The van der Waals surface area contributed by atoms with E-state index in [0.29, 0.717) is 5.56 Å². The molecule has 1 aromatic rings. The fraction of sp³-hybridized carbons (Fsp3) is 0.500. The zero-order chi connectivity index (χ0) is 16.3. The van der Waals surface area contributed by atoms with Crippen molar-refractivity contribution >= 4 is 25.7 Å². The number of sulfonamides is 2. The fourth-order valence-electron chi connectivity index (χ4n) is 1.50. The number of hydrogen-bond donors (Lipinski definition) is 2. The SMILES string of the molecule is Cc1ccc(S(N)(=O)=O)cc1NS(=O)(=O)CCOC(C)C. The molecule has 0 heterocycles. The number of hydrogen-bond acceptors (Lipinski definition) is 5. The van der Waals surface area contributed by atoms with E-state index in [2.05, 4.69) is 4.72 Å². The van der Waals surface area contributed by atoms with E-state index in [1.165, 1.54) is 18.2 Å². The van der Waals surface area contributed by atoms with Crippen LogP contribution in [0.4, 0.5) is 5.69 Å². The van der Waals surface area contributed by atoms with Crippen LogP contribution >= 0.6 is 0 Å². The van der Waals surface area contributed by atoms with Crippen molar-refractivity contribution < 1.29 is 21.6 Å². The van der Waals surface area contributed by atoms with Gasteiger partial charge >= 0.3 is 0 Å². The second-order valence-corrected chi connectivity index (χ2v) is 8.27. The molecule has 9 heteroatoms. The summed E-state index contributed by atoms with van der Waals surface area (Å²) in [6, 6.07) is 4.01. The lowest BCUT2D eigenvalue weighted by molar-refractivity contribution is 0.0913. The van der Waals surface area contributed by atoms with Crippen LogP contribution in [0.15, 0.2) is 23.1 Å². The van der Waals surface area contributed by atoms with E-state index in [9.17, 15) is 16.8 Å². The number of nitrogens with one attached hydrogen (secondary N) is 1. The number of nitrogens with two attached hydrogens (primary N) is 1. The van der Waals surface area contributed by atoms with E-state index in [4.69, 9.17) is 9.88 Å². The minimum Gasteiger partial charge on any atom is -0.378 e. The maximum absolute atomic E-state index is 11.9. The van der Waals surface area contributed by atoms with Crippen molar-refractivity contribution in [2.24, 2.45) is 5.14 Å². The standard InChI is InChI=1S/C12H20N2O5S2/c1-9(2)19-6-7-20(15,16)14-12-8-11(21(13,17)18)5-4-10(12)3/h4-5,8-9,14H,6-7H2,1-3H3,(H2,13,17,18). The molecule has 0 aromatic heterocycles. The first kappa shape index (κ1) is 17.9. The highest BCUT2D eigenvalue weighted by atomic mass is 32.2. The molecule has 0 spiro atoms. The minimum atomic E-state index is -3.89. The predicted molar refractivity (Wildman–Crippen MR) is 81.0 cm³/mol. The molecule has 120 valence electrons. The number of benzene rings is 1. The smallest absolute Gasteiger partial charge is 0.238 e. The van der Waals surface area contributed by atoms with Crippen LogP contribution in [0, 0.1) is 6.92 Å². The Morgan fingerprint density at radius 1 is 1.24 bits per heavy atom. The highest BCUT2D eigenvalue weighted by Gasteiger charge is 2.15. The summed E-state index contributed by atoms with van der Waals surface area (Å²) in [5.74, 6) is -0.218. The Bertz CT molecular complexity index is 696. The summed E-state index contributed by atoms with van der Waals surface area (Å²) in [5, 5.41) is 5.03. The Kier molecular flexibility index (Phi) is 5.74. The van der Waals surface area contributed by atoms with Crippen LogP contribution in [0.3, 0.4) is 0 Å². The fourth-order valence-corrected chi connectivity index (χ4v) is 3.01. The summed E-state index contributed by atoms with van der Waals surface area (Å²) in [4.78, 5) is -0.149.